The molecule has 2 aromatic carbocycles. The minimum atomic E-state index is -0.937. The number of aryl methyl sites for hydroxylation is 1. The molecule has 7 nitrogen and oxygen atoms in total. The number of hydrogen-bond acceptors (Lipinski definition) is 7. The van der Waals surface area contributed by atoms with Crippen molar-refractivity contribution in [3.05, 3.63) is 81.2 Å². The summed E-state index contributed by atoms with van der Waals surface area (Å²) in [5.74, 6) is -0.560. The van der Waals surface area contributed by atoms with Crippen LogP contribution in [0.15, 0.2) is 63.8 Å². The lowest BCUT2D eigenvalue weighted by atomic mass is 9.93. The lowest BCUT2D eigenvalue weighted by Gasteiger charge is -2.18. The third-order valence-electron chi connectivity index (χ3n) is 5.44. The number of rotatable bonds is 4. The summed E-state index contributed by atoms with van der Waals surface area (Å²) < 4.78 is 11.8. The van der Waals surface area contributed by atoms with Crippen LogP contribution in [-0.2, 0) is 4.79 Å². The summed E-state index contributed by atoms with van der Waals surface area (Å²) >= 11 is 1.44. The highest BCUT2D eigenvalue weighted by atomic mass is 32.1. The van der Waals surface area contributed by atoms with E-state index in [1.165, 1.54) is 11.3 Å². The van der Waals surface area contributed by atoms with Crippen molar-refractivity contribution < 1.29 is 13.9 Å². The van der Waals surface area contributed by atoms with Crippen LogP contribution in [0.3, 0.4) is 0 Å². The van der Waals surface area contributed by atoms with E-state index >= 15 is 0 Å². The lowest BCUT2D eigenvalue weighted by molar-refractivity contribution is -0.122. The van der Waals surface area contributed by atoms with Crippen LogP contribution in [0.1, 0.15) is 22.1 Å². The first-order chi connectivity index (χ1) is 15.4. The van der Waals surface area contributed by atoms with Crippen LogP contribution in [0, 0.1) is 6.92 Å². The molecule has 0 bridgehead atoms. The summed E-state index contributed by atoms with van der Waals surface area (Å²) in [4.78, 5) is 33.8. The summed E-state index contributed by atoms with van der Waals surface area (Å²) in [6, 6.07) is 16.4. The van der Waals surface area contributed by atoms with E-state index < -0.39 is 17.6 Å². The number of nitrogens with zero attached hydrogens (tertiary/aromatic N) is 2. The Bertz CT molecular complexity index is 1380. The number of aromatic nitrogens is 1. The van der Waals surface area contributed by atoms with E-state index in [1.807, 2.05) is 56.3 Å². The number of nitrogens with one attached hydrogen (secondary N) is 1. The van der Waals surface area contributed by atoms with Crippen LogP contribution >= 0.6 is 11.3 Å². The second kappa shape index (κ2) is 7.80. The number of amides is 1. The van der Waals surface area contributed by atoms with Gasteiger partial charge in [-0.05, 0) is 31.2 Å². The highest BCUT2D eigenvalue weighted by Crippen LogP contribution is 2.47. The average Bonchev–Trinajstić information content (AvgIpc) is 3.36. The first-order valence-corrected chi connectivity index (χ1v) is 11.0. The van der Waals surface area contributed by atoms with E-state index in [-0.39, 0.29) is 5.91 Å². The quantitative estimate of drug-likeness (QED) is 0.473. The Balaban J connectivity index is 1.67. The molecule has 0 aliphatic carbocycles. The van der Waals surface area contributed by atoms with Crippen LogP contribution in [0.5, 0.6) is 5.75 Å². The van der Waals surface area contributed by atoms with Gasteiger partial charge in [-0.3, -0.25) is 4.79 Å². The number of ether oxygens (including phenoxy) is 1. The van der Waals surface area contributed by atoms with Crippen LogP contribution < -0.4 is 20.6 Å². The van der Waals surface area contributed by atoms with Gasteiger partial charge in [-0.15, -0.1) is 11.3 Å². The second-order valence-electron chi connectivity index (χ2n) is 7.84. The van der Waals surface area contributed by atoms with E-state index in [2.05, 4.69) is 10.3 Å². The minimum absolute atomic E-state index is 0.333. The van der Waals surface area contributed by atoms with Gasteiger partial charge < -0.3 is 19.4 Å². The van der Waals surface area contributed by atoms with E-state index in [9.17, 15) is 9.59 Å². The van der Waals surface area contributed by atoms with Gasteiger partial charge in [0.05, 0.1) is 22.6 Å². The number of anilines is 2. The van der Waals surface area contributed by atoms with Gasteiger partial charge in [0.25, 0.3) is 5.91 Å². The topological polar surface area (TPSA) is 84.7 Å². The Kier molecular flexibility index (Phi) is 4.94. The molecule has 1 N–H and O–H groups in total. The summed E-state index contributed by atoms with van der Waals surface area (Å²) in [7, 11) is 3.81. The Labute approximate surface area is 188 Å². The first kappa shape index (κ1) is 20.3. The van der Waals surface area contributed by atoms with Gasteiger partial charge in [-0.25, -0.2) is 9.78 Å². The van der Waals surface area contributed by atoms with Crippen molar-refractivity contribution in [2.75, 3.05) is 24.3 Å². The van der Waals surface area contributed by atoms with Gasteiger partial charge >= 0.3 is 5.63 Å². The average molecular weight is 448 g/mol. The molecule has 0 fully saturated rings. The maximum absolute atomic E-state index is 13.4. The molecule has 1 aliphatic heterocycles. The molecule has 162 valence electrons. The van der Waals surface area contributed by atoms with Crippen molar-refractivity contribution in [1.82, 2.24) is 4.98 Å². The molecule has 1 aliphatic rings. The Hall–Kier alpha value is -3.65. The van der Waals surface area contributed by atoms with Crippen molar-refractivity contribution in [3.8, 4) is 5.75 Å². The molecular formula is C24H21N3O4S. The Morgan fingerprint density at radius 2 is 1.81 bits per heavy atom. The molecule has 5 rings (SSSR count). The summed E-state index contributed by atoms with van der Waals surface area (Å²) in [6.45, 7) is 1.88. The van der Waals surface area contributed by atoms with Gasteiger partial charge in [-0.1, -0.05) is 30.3 Å². The number of thiazole rings is 1. The molecular weight excluding hydrogens is 426 g/mol. The van der Waals surface area contributed by atoms with Gasteiger partial charge in [0.2, 0.25) is 0 Å². The van der Waals surface area contributed by atoms with Crippen molar-refractivity contribution in [2.45, 2.75) is 18.9 Å². The molecule has 32 heavy (non-hydrogen) atoms. The minimum Gasteiger partial charge on any atom is -0.478 e. The van der Waals surface area contributed by atoms with Gasteiger partial charge in [0.15, 0.2) is 11.2 Å². The largest absolute Gasteiger partial charge is 0.478 e. The van der Waals surface area contributed by atoms with Gasteiger partial charge in [0, 0.05) is 24.7 Å². The molecule has 0 saturated carbocycles. The monoisotopic (exact) mass is 447 g/mol. The number of carbonyl (C=O) groups excluding carboxylic acids is 1. The fourth-order valence-electron chi connectivity index (χ4n) is 3.96. The lowest BCUT2D eigenvalue weighted by Crippen LogP contribution is -2.35. The number of para-hydroxylation sites is 2. The SMILES string of the molecule is Cc1nc(N(C)C)sc1[C@H]1c2c(c3ccccc3oc2=O)O[C@H]1C(=O)Nc1ccccc1. The number of hydrogen-bond donors (Lipinski definition) is 1. The van der Waals surface area contributed by atoms with Crippen molar-refractivity contribution in [1.29, 1.82) is 0 Å². The highest BCUT2D eigenvalue weighted by molar-refractivity contribution is 7.15. The summed E-state index contributed by atoms with van der Waals surface area (Å²) in [5.41, 5.74) is 1.69. The van der Waals surface area contributed by atoms with Crippen molar-refractivity contribution >= 4 is 39.0 Å². The molecule has 0 unspecified atom stereocenters. The van der Waals surface area contributed by atoms with Crippen molar-refractivity contribution in [3.63, 3.8) is 0 Å². The molecule has 2 atom stereocenters. The third kappa shape index (κ3) is 3.33. The van der Waals surface area contributed by atoms with E-state index in [4.69, 9.17) is 9.15 Å². The fraction of sp³-hybridized carbons (Fsp3) is 0.208. The molecule has 8 heteroatoms. The maximum Gasteiger partial charge on any atom is 0.344 e. The summed E-state index contributed by atoms with van der Waals surface area (Å²) in [5, 5.41) is 4.37. The Morgan fingerprint density at radius 1 is 1.09 bits per heavy atom. The Morgan fingerprint density at radius 3 is 2.53 bits per heavy atom. The molecule has 2 aromatic heterocycles. The molecule has 0 spiro atoms. The second-order valence-corrected chi connectivity index (χ2v) is 8.85. The number of fused-ring (bicyclic) bond motifs is 3. The zero-order valence-corrected chi connectivity index (χ0v) is 18.6. The van der Waals surface area contributed by atoms with Crippen LogP contribution in [-0.4, -0.2) is 31.1 Å². The predicted molar refractivity (Wildman–Crippen MR) is 125 cm³/mol. The number of carbonyl (C=O) groups is 1. The smallest absolute Gasteiger partial charge is 0.344 e. The maximum atomic E-state index is 13.4. The zero-order chi connectivity index (χ0) is 22.4. The van der Waals surface area contributed by atoms with E-state index in [1.54, 1.807) is 24.3 Å². The molecule has 0 saturated heterocycles. The van der Waals surface area contributed by atoms with Gasteiger partial charge in [0.1, 0.15) is 11.3 Å². The zero-order valence-electron chi connectivity index (χ0n) is 17.8. The normalized spacial score (nSPS) is 17.1. The van der Waals surface area contributed by atoms with E-state index in [0.717, 1.165) is 15.7 Å². The highest BCUT2D eigenvalue weighted by Gasteiger charge is 2.46. The number of benzene rings is 2. The van der Waals surface area contributed by atoms with Gasteiger partial charge in [-0.2, -0.15) is 0 Å². The molecule has 3 heterocycles. The molecule has 1 amide bonds. The summed E-state index contributed by atoms with van der Waals surface area (Å²) in [6.07, 6.45) is -0.937. The van der Waals surface area contributed by atoms with E-state index in [0.29, 0.717) is 28.0 Å². The van der Waals surface area contributed by atoms with Crippen LogP contribution in [0.4, 0.5) is 10.8 Å². The first-order valence-electron chi connectivity index (χ1n) is 10.2. The molecule has 0 radical (unpaired) electrons. The van der Waals surface area contributed by atoms with Crippen molar-refractivity contribution in [2.24, 2.45) is 0 Å². The standard InChI is InChI=1S/C24H21N3O4S/c1-13-21(32-24(25-13)27(2)3)17-18-19(15-11-7-8-12-16(15)30-23(18)29)31-20(17)22(28)26-14-9-5-4-6-10-14/h4-12,17,20H,1-3H3,(H,26,28)/t17-,20+/m0/s1. The molecule has 4 aromatic rings. The van der Waals surface area contributed by atoms with Crippen LogP contribution in [0.25, 0.3) is 11.0 Å². The fourth-order valence-corrected chi connectivity index (χ4v) is 5.08. The third-order valence-corrected chi connectivity index (χ3v) is 6.85. The predicted octanol–water partition coefficient (Wildman–Crippen LogP) is 4.16. The van der Waals surface area contributed by atoms with Crippen LogP contribution in [0.2, 0.25) is 0 Å².